The van der Waals surface area contributed by atoms with Crippen molar-refractivity contribution in [3.8, 4) is 0 Å². The van der Waals surface area contributed by atoms with Gasteiger partial charge in [0.15, 0.2) is 0 Å². The summed E-state index contributed by atoms with van der Waals surface area (Å²) in [6.07, 6.45) is 0. The highest BCUT2D eigenvalue weighted by Gasteiger charge is 2.15. The van der Waals surface area contributed by atoms with Crippen LogP contribution in [0.15, 0.2) is 22.7 Å². The molecule has 0 bridgehead atoms. The van der Waals surface area contributed by atoms with E-state index in [1.54, 1.807) is 6.07 Å². The number of hydrogen-bond donors (Lipinski definition) is 0. The van der Waals surface area contributed by atoms with E-state index in [0.717, 1.165) is 0 Å². The third-order valence-corrected chi connectivity index (χ3v) is 2.44. The predicted molar refractivity (Wildman–Crippen MR) is 68.6 cm³/mol. The fraction of sp³-hybridized carbons (Fsp3) is 0.500. The van der Waals surface area contributed by atoms with Gasteiger partial charge in [0.25, 0.3) is 0 Å². The molecule has 0 aliphatic carbocycles. The molecule has 0 unspecified atom stereocenters. The van der Waals surface area contributed by atoms with Crippen molar-refractivity contribution >= 4 is 21.6 Å². The van der Waals surface area contributed by atoms with Crippen LogP contribution in [0.3, 0.4) is 0 Å². The topological polar surface area (TPSA) is 6.48 Å². The van der Waals surface area contributed by atoms with Gasteiger partial charge in [-0.1, -0.05) is 15.9 Å². The first kappa shape index (κ1) is 3.74. The molecule has 0 saturated carbocycles. The first-order chi connectivity index (χ1) is 11.4. The van der Waals surface area contributed by atoms with Gasteiger partial charge in [-0.15, -0.1) is 0 Å². The van der Waals surface area contributed by atoms with Crippen molar-refractivity contribution in [1.82, 2.24) is 4.90 Å². The summed E-state index contributed by atoms with van der Waals surface area (Å²) < 4.78 is 88.1. The Balaban J connectivity index is 2.83. The molecular weight excluding hydrogens is 252 g/mol. The van der Waals surface area contributed by atoms with Crippen LogP contribution in [0.25, 0.3) is 0 Å². The Bertz CT molecular complexity index is 688. The predicted octanol–water partition coefficient (Wildman–Crippen LogP) is 2.51. The molecule has 2 nitrogen and oxygen atoms in total. The van der Waals surface area contributed by atoms with Crippen molar-refractivity contribution in [2.75, 3.05) is 37.9 Å². The van der Waals surface area contributed by atoms with E-state index in [2.05, 4.69) is 15.9 Å². The van der Waals surface area contributed by atoms with Crippen molar-refractivity contribution in [3.63, 3.8) is 0 Å². The van der Waals surface area contributed by atoms with Crippen molar-refractivity contribution in [3.05, 3.63) is 28.2 Å². The van der Waals surface area contributed by atoms with Crippen LogP contribution in [0.2, 0.25) is 0 Å². The number of halogens is 1. The van der Waals surface area contributed by atoms with Gasteiger partial charge in [0.05, 0.1) is 5.48 Å². The molecular formula is C12H17BrN2. The molecule has 1 aromatic rings. The largest absolute Gasteiger partial charge is 0.369 e. The van der Waals surface area contributed by atoms with Crippen LogP contribution in [0.1, 0.15) is 20.6 Å². The van der Waals surface area contributed by atoms with Gasteiger partial charge in [-0.2, -0.15) is 0 Å². The lowest BCUT2D eigenvalue weighted by Gasteiger charge is -2.34. The zero-order chi connectivity index (χ0) is 20.5. The second-order valence-electron chi connectivity index (χ2n) is 3.05. The number of piperazine rings is 1. The lowest BCUT2D eigenvalue weighted by molar-refractivity contribution is 0.312. The standard InChI is InChI=1S/C12H17BrN2/c1-10-9-11(13)3-4-12(10)15-7-5-14(2)6-8-15/h3-4,9H,5-8H2,1-2H3/i2D3,5D2,6D2,7D2,8D2. The molecule has 15 heavy (non-hydrogen) atoms. The Morgan fingerprint density at radius 3 is 2.67 bits per heavy atom. The average molecular weight is 280 g/mol. The summed E-state index contributed by atoms with van der Waals surface area (Å²) in [5, 5.41) is 0. The van der Waals surface area contributed by atoms with Crippen LogP contribution < -0.4 is 4.90 Å². The first-order valence-corrected chi connectivity index (χ1v) is 5.06. The number of anilines is 1. The summed E-state index contributed by atoms with van der Waals surface area (Å²) in [6.45, 7) is -15.0. The van der Waals surface area contributed by atoms with Gasteiger partial charge in [-0.25, -0.2) is 0 Å². The van der Waals surface area contributed by atoms with Crippen LogP contribution in [0.5, 0.6) is 0 Å². The minimum Gasteiger partial charge on any atom is -0.369 e. The number of rotatable bonds is 1. The molecule has 0 atom stereocenters. The van der Waals surface area contributed by atoms with Crippen LogP contribution in [0.4, 0.5) is 5.69 Å². The number of hydrogen-bond acceptors (Lipinski definition) is 2. The Labute approximate surface area is 115 Å². The zero-order valence-corrected chi connectivity index (χ0v) is 9.59. The molecule has 1 aliphatic rings. The molecule has 3 heteroatoms. The third-order valence-electron chi connectivity index (χ3n) is 1.95. The quantitative estimate of drug-likeness (QED) is 0.780. The molecule has 2 rings (SSSR count). The van der Waals surface area contributed by atoms with E-state index in [0.29, 0.717) is 14.9 Å². The van der Waals surface area contributed by atoms with Gasteiger partial charge < -0.3 is 9.80 Å². The van der Waals surface area contributed by atoms with Crippen LogP contribution >= 0.6 is 15.9 Å². The molecule has 1 heterocycles. The highest BCUT2D eigenvalue weighted by molar-refractivity contribution is 9.10. The van der Waals surface area contributed by atoms with Crippen molar-refractivity contribution < 1.29 is 15.1 Å². The van der Waals surface area contributed by atoms with Gasteiger partial charge in [0.2, 0.25) is 0 Å². The van der Waals surface area contributed by atoms with Crippen LogP contribution in [-0.4, -0.2) is 37.9 Å². The molecule has 1 aromatic carbocycles. The molecule has 0 radical (unpaired) electrons. The Kier molecular flexibility index (Phi) is 1.13. The SMILES string of the molecule is [2H]C([2H])([2H])N1C([2H])([2H])C([2H])([2H])N(c2ccc(Br)cc2C)C([2H])([2H])C1([2H])[2H]. The zero-order valence-electron chi connectivity index (χ0n) is 19.0. The number of nitrogens with zero attached hydrogens (tertiary/aromatic N) is 2. The summed E-state index contributed by atoms with van der Waals surface area (Å²) >= 11 is 3.22. The first-order valence-electron chi connectivity index (χ1n) is 9.77. The monoisotopic (exact) mass is 279 g/mol. The van der Waals surface area contributed by atoms with Gasteiger partial charge in [-0.05, 0) is 37.7 Å². The molecule has 0 spiro atoms. The minimum absolute atomic E-state index is 0.0823. The van der Waals surface area contributed by atoms with Crippen molar-refractivity contribution in [1.29, 1.82) is 0 Å². The maximum atomic E-state index is 8.22. The van der Waals surface area contributed by atoms with Gasteiger partial charge >= 0.3 is 0 Å². The number of benzene rings is 1. The number of aryl methyl sites for hydroxylation is 1. The summed E-state index contributed by atoms with van der Waals surface area (Å²) in [5.41, 5.74) is 0.280. The van der Waals surface area contributed by atoms with Gasteiger partial charge in [0, 0.05) is 45.7 Å². The number of likely N-dealkylation sites (N-methyl/N-ethyl adjacent to an activating group) is 1. The fourth-order valence-corrected chi connectivity index (χ4v) is 1.72. The normalized spacial score (nSPS) is 43.3. The maximum Gasteiger partial charge on any atom is 0.0506 e. The van der Waals surface area contributed by atoms with Crippen LogP contribution in [-0.2, 0) is 0 Å². The molecule has 0 aromatic heterocycles. The highest BCUT2D eigenvalue weighted by Crippen LogP contribution is 2.24. The summed E-state index contributed by atoms with van der Waals surface area (Å²) in [7, 11) is 0. The third kappa shape index (κ3) is 2.52. The Morgan fingerprint density at radius 2 is 2.07 bits per heavy atom. The smallest absolute Gasteiger partial charge is 0.0506 e. The maximum absolute atomic E-state index is 8.22. The van der Waals surface area contributed by atoms with E-state index < -0.39 is 33.0 Å². The molecule has 1 saturated heterocycles. The Morgan fingerprint density at radius 1 is 1.33 bits per heavy atom. The van der Waals surface area contributed by atoms with Crippen molar-refractivity contribution in [2.45, 2.75) is 6.92 Å². The van der Waals surface area contributed by atoms with E-state index in [9.17, 15) is 0 Å². The summed E-state index contributed by atoms with van der Waals surface area (Å²) in [4.78, 5) is 0.0156. The lowest BCUT2D eigenvalue weighted by Crippen LogP contribution is -2.44. The van der Waals surface area contributed by atoms with Crippen molar-refractivity contribution in [2.24, 2.45) is 0 Å². The molecule has 1 fully saturated rings. The Hall–Kier alpha value is -0.540. The molecule has 1 aliphatic heterocycles. The molecule has 0 amide bonds. The van der Waals surface area contributed by atoms with E-state index in [4.69, 9.17) is 15.1 Å². The van der Waals surface area contributed by atoms with E-state index in [1.165, 1.54) is 19.1 Å². The van der Waals surface area contributed by atoms with Crippen LogP contribution in [0, 0.1) is 6.92 Å². The average Bonchev–Trinajstić information content (AvgIpc) is 2.37. The second kappa shape index (κ2) is 4.54. The van der Waals surface area contributed by atoms with Gasteiger partial charge in [0.1, 0.15) is 0 Å². The molecule has 0 N–H and O–H groups in total. The highest BCUT2D eigenvalue weighted by atomic mass is 79.9. The fourth-order valence-electron chi connectivity index (χ4n) is 1.25. The minimum atomic E-state index is -3.41. The van der Waals surface area contributed by atoms with E-state index >= 15 is 0 Å². The lowest BCUT2D eigenvalue weighted by atomic mass is 10.1. The van der Waals surface area contributed by atoms with Gasteiger partial charge in [-0.3, -0.25) is 0 Å². The van der Waals surface area contributed by atoms with E-state index in [1.807, 2.05) is 0 Å². The molecule has 82 valence electrons. The summed E-state index contributed by atoms with van der Waals surface area (Å²) in [6, 6.07) is 4.35. The summed E-state index contributed by atoms with van der Waals surface area (Å²) in [5.74, 6) is 0. The van der Waals surface area contributed by atoms with E-state index in [-0.39, 0.29) is 10.6 Å². The second-order valence-corrected chi connectivity index (χ2v) is 3.96.